The minimum atomic E-state index is -1.16. The Labute approximate surface area is 205 Å². The average molecular weight is 526 g/mol. The van der Waals surface area contributed by atoms with E-state index < -0.39 is 18.1 Å². The second kappa shape index (κ2) is 9.82. The number of fused-ring (bicyclic) bond motifs is 2. The molecule has 3 aromatic rings. The zero-order valence-corrected chi connectivity index (χ0v) is 20.3. The molecule has 0 fully saturated rings. The molecule has 176 valence electrons. The second-order valence-electron chi connectivity index (χ2n) is 8.02. The van der Waals surface area contributed by atoms with Crippen molar-refractivity contribution in [2.45, 2.75) is 25.6 Å². The van der Waals surface area contributed by atoms with Crippen molar-refractivity contribution in [3.05, 3.63) is 70.2 Å². The number of nitrogens with zero attached hydrogens (tertiary/aromatic N) is 1. The fourth-order valence-electron chi connectivity index (χ4n) is 3.93. The first kappa shape index (κ1) is 23.7. The number of carbonyl (C=O) groups excluding carboxylic acids is 2. The number of anilines is 1. The molecule has 9 heteroatoms. The first-order chi connectivity index (χ1) is 16.3. The van der Waals surface area contributed by atoms with E-state index in [0.29, 0.717) is 5.69 Å². The van der Waals surface area contributed by atoms with Gasteiger partial charge in [-0.1, -0.05) is 52.3 Å². The second-order valence-corrected chi connectivity index (χ2v) is 8.87. The molecular formula is C25H24BrN3O5. The van der Waals surface area contributed by atoms with Crippen LogP contribution in [0.1, 0.15) is 22.8 Å². The lowest BCUT2D eigenvalue weighted by Crippen LogP contribution is -2.53. The van der Waals surface area contributed by atoms with Gasteiger partial charge in [-0.15, -0.1) is 0 Å². The number of nitrogens with one attached hydrogen (secondary N) is 2. The highest BCUT2D eigenvalue weighted by Gasteiger charge is 2.35. The molecule has 0 radical (unpaired) electrons. The first-order valence-electron chi connectivity index (χ1n) is 10.8. The highest BCUT2D eigenvalue weighted by Crippen LogP contribution is 2.37. The monoisotopic (exact) mass is 525 g/mol. The minimum Gasteiger partial charge on any atom is -0.488 e. The van der Waals surface area contributed by atoms with Crippen LogP contribution >= 0.6 is 15.9 Å². The summed E-state index contributed by atoms with van der Waals surface area (Å²) in [6, 6.07) is 14.8. The van der Waals surface area contributed by atoms with Crippen molar-refractivity contribution in [3.8, 4) is 5.75 Å². The maximum atomic E-state index is 13.7. The van der Waals surface area contributed by atoms with Gasteiger partial charge in [-0.25, -0.2) is 4.79 Å². The number of para-hydroxylation sites is 1. The Balaban J connectivity index is 1.80. The van der Waals surface area contributed by atoms with Crippen LogP contribution in [0, 0.1) is 0 Å². The number of carboxylic acid groups (broad SMARTS) is 1. The maximum absolute atomic E-state index is 13.7. The molecule has 2 atom stereocenters. The molecular weight excluding hydrogens is 502 g/mol. The zero-order chi connectivity index (χ0) is 24.4. The van der Waals surface area contributed by atoms with Gasteiger partial charge in [0.15, 0.2) is 5.75 Å². The fourth-order valence-corrected chi connectivity index (χ4v) is 4.41. The number of hydrogen-bond donors (Lipinski definition) is 3. The van der Waals surface area contributed by atoms with Crippen LogP contribution in [0.5, 0.6) is 5.75 Å². The predicted molar refractivity (Wildman–Crippen MR) is 132 cm³/mol. The van der Waals surface area contributed by atoms with Crippen LogP contribution in [0.25, 0.3) is 10.8 Å². The van der Waals surface area contributed by atoms with Crippen molar-refractivity contribution >= 4 is 50.2 Å². The number of amides is 2. The van der Waals surface area contributed by atoms with E-state index in [9.17, 15) is 19.5 Å². The van der Waals surface area contributed by atoms with Gasteiger partial charge >= 0.3 is 5.97 Å². The van der Waals surface area contributed by atoms with E-state index in [1.54, 1.807) is 26.1 Å². The van der Waals surface area contributed by atoms with Gasteiger partial charge in [0.1, 0.15) is 18.2 Å². The van der Waals surface area contributed by atoms with E-state index in [-0.39, 0.29) is 36.3 Å². The van der Waals surface area contributed by atoms with Crippen LogP contribution in [0.4, 0.5) is 5.69 Å². The predicted octanol–water partition coefficient (Wildman–Crippen LogP) is 3.32. The molecule has 0 saturated heterocycles. The minimum absolute atomic E-state index is 0.0495. The zero-order valence-electron chi connectivity index (χ0n) is 18.7. The van der Waals surface area contributed by atoms with E-state index in [1.165, 1.54) is 11.0 Å². The van der Waals surface area contributed by atoms with Gasteiger partial charge in [-0.2, -0.15) is 0 Å². The molecule has 0 spiro atoms. The van der Waals surface area contributed by atoms with Gasteiger partial charge < -0.3 is 25.4 Å². The molecule has 1 aliphatic heterocycles. The smallest absolute Gasteiger partial charge is 0.339 e. The third-order valence-corrected chi connectivity index (χ3v) is 6.60. The molecule has 0 unspecified atom stereocenters. The molecule has 3 N–H and O–H groups in total. The van der Waals surface area contributed by atoms with Crippen LogP contribution in [0.3, 0.4) is 0 Å². The van der Waals surface area contributed by atoms with E-state index >= 15 is 0 Å². The molecule has 1 aliphatic rings. The molecule has 4 rings (SSSR count). The van der Waals surface area contributed by atoms with E-state index in [2.05, 4.69) is 26.6 Å². The quantitative estimate of drug-likeness (QED) is 0.455. The van der Waals surface area contributed by atoms with Gasteiger partial charge in [-0.05, 0) is 48.5 Å². The number of halogens is 1. The molecule has 0 saturated carbocycles. The number of ether oxygens (including phenoxy) is 1. The van der Waals surface area contributed by atoms with Crippen molar-refractivity contribution in [2.75, 3.05) is 18.6 Å². The molecule has 0 bridgehead atoms. The molecule has 34 heavy (non-hydrogen) atoms. The summed E-state index contributed by atoms with van der Waals surface area (Å²) >= 11 is 3.57. The standard InChI is InChI=1S/C25H24BrN3O5/c1-14(27-2)23(30)28-20-13-34-22-18(25(32)33)8-5-9-21(22)29(24(20)31)12-15-10-11-19(26)17-7-4-3-6-16(15)17/h3-11,14,20,27H,12-13H2,1-2H3,(H,28,30)(H,32,33)/t14-,20-/m0/s1. The van der Waals surface area contributed by atoms with Crippen molar-refractivity contribution < 1.29 is 24.2 Å². The van der Waals surface area contributed by atoms with Crippen molar-refractivity contribution in [1.29, 1.82) is 0 Å². The lowest BCUT2D eigenvalue weighted by Gasteiger charge is -2.26. The number of likely N-dealkylation sites (N-methyl/N-ethyl adjacent to an activating group) is 1. The van der Waals surface area contributed by atoms with Gasteiger partial charge in [0.2, 0.25) is 5.91 Å². The Hall–Kier alpha value is -3.43. The van der Waals surface area contributed by atoms with E-state index in [4.69, 9.17) is 4.74 Å². The van der Waals surface area contributed by atoms with Crippen LogP contribution in [-0.2, 0) is 16.1 Å². The third-order valence-electron chi connectivity index (χ3n) is 5.91. The summed E-state index contributed by atoms with van der Waals surface area (Å²) in [6.07, 6.45) is 0. The van der Waals surface area contributed by atoms with Crippen molar-refractivity contribution in [2.24, 2.45) is 0 Å². The van der Waals surface area contributed by atoms with Crippen molar-refractivity contribution in [1.82, 2.24) is 10.6 Å². The SMILES string of the molecule is CN[C@@H](C)C(=O)N[C@H]1COc2c(C(=O)O)cccc2N(Cc2ccc(Br)c3ccccc23)C1=O. The highest BCUT2D eigenvalue weighted by molar-refractivity contribution is 9.10. The average Bonchev–Trinajstić information content (AvgIpc) is 2.97. The lowest BCUT2D eigenvalue weighted by molar-refractivity contribution is -0.129. The summed E-state index contributed by atoms with van der Waals surface area (Å²) in [5, 5.41) is 17.2. The summed E-state index contributed by atoms with van der Waals surface area (Å²) < 4.78 is 6.75. The summed E-state index contributed by atoms with van der Waals surface area (Å²) in [4.78, 5) is 39.6. The van der Waals surface area contributed by atoms with Crippen LogP contribution in [0.2, 0.25) is 0 Å². The Kier molecular flexibility index (Phi) is 6.85. The number of benzene rings is 3. The van der Waals surface area contributed by atoms with Gasteiger partial charge in [0, 0.05) is 4.47 Å². The summed E-state index contributed by atoms with van der Waals surface area (Å²) in [7, 11) is 1.65. The maximum Gasteiger partial charge on any atom is 0.339 e. The van der Waals surface area contributed by atoms with Crippen LogP contribution in [0.15, 0.2) is 59.1 Å². The number of carboxylic acids is 1. The summed E-state index contributed by atoms with van der Waals surface area (Å²) in [6.45, 7) is 1.66. The lowest BCUT2D eigenvalue weighted by atomic mass is 10.0. The van der Waals surface area contributed by atoms with E-state index in [1.807, 2.05) is 36.4 Å². The number of aromatic carboxylic acids is 1. The number of carbonyl (C=O) groups is 3. The Morgan fingerprint density at radius 3 is 2.59 bits per heavy atom. The van der Waals surface area contributed by atoms with Crippen LogP contribution < -0.4 is 20.3 Å². The molecule has 1 heterocycles. The van der Waals surface area contributed by atoms with Crippen LogP contribution in [-0.4, -0.2) is 48.6 Å². The number of rotatable bonds is 6. The topological polar surface area (TPSA) is 108 Å². The Bertz CT molecular complexity index is 1280. The van der Waals surface area contributed by atoms with Gasteiger partial charge in [0.05, 0.1) is 18.3 Å². The summed E-state index contributed by atoms with van der Waals surface area (Å²) in [5.74, 6) is -1.80. The molecule has 2 amide bonds. The first-order valence-corrected chi connectivity index (χ1v) is 11.6. The third kappa shape index (κ3) is 4.49. The Morgan fingerprint density at radius 2 is 1.88 bits per heavy atom. The highest BCUT2D eigenvalue weighted by atomic mass is 79.9. The fraction of sp³-hybridized carbons (Fsp3) is 0.240. The molecule has 0 aromatic heterocycles. The molecule has 3 aromatic carbocycles. The van der Waals surface area contributed by atoms with Crippen molar-refractivity contribution in [3.63, 3.8) is 0 Å². The Morgan fingerprint density at radius 1 is 1.15 bits per heavy atom. The summed E-state index contributed by atoms with van der Waals surface area (Å²) in [5.41, 5.74) is 1.16. The normalized spacial score (nSPS) is 16.4. The number of hydrogen-bond acceptors (Lipinski definition) is 5. The van der Waals surface area contributed by atoms with Gasteiger partial charge in [-0.3, -0.25) is 9.59 Å². The largest absolute Gasteiger partial charge is 0.488 e. The van der Waals surface area contributed by atoms with E-state index in [0.717, 1.165) is 20.8 Å². The molecule has 8 nitrogen and oxygen atoms in total. The molecule has 0 aliphatic carbocycles. The van der Waals surface area contributed by atoms with Gasteiger partial charge in [0.25, 0.3) is 5.91 Å².